The molecule has 32 heavy (non-hydrogen) atoms. The fourth-order valence-corrected chi connectivity index (χ4v) is 3.97. The molecule has 0 spiro atoms. The quantitative estimate of drug-likeness (QED) is 0.333. The highest BCUT2D eigenvalue weighted by Gasteiger charge is 2.47. The number of hydrogen-bond donors (Lipinski definition) is 2. The second-order valence-corrected chi connectivity index (χ2v) is 7.85. The summed E-state index contributed by atoms with van der Waals surface area (Å²) < 4.78 is 5.22. The lowest BCUT2D eigenvalue weighted by Gasteiger charge is -2.25. The first-order valence-corrected chi connectivity index (χ1v) is 10.2. The summed E-state index contributed by atoms with van der Waals surface area (Å²) in [6, 6.07) is 16.9. The second-order valence-electron chi connectivity index (χ2n) is 7.42. The minimum absolute atomic E-state index is 0.0380. The molecule has 3 aromatic rings. The summed E-state index contributed by atoms with van der Waals surface area (Å²) in [5.41, 5.74) is 2.08. The van der Waals surface area contributed by atoms with Gasteiger partial charge in [0.1, 0.15) is 17.3 Å². The molecule has 0 radical (unpaired) electrons. The molecule has 1 amide bonds. The van der Waals surface area contributed by atoms with Crippen LogP contribution in [0.5, 0.6) is 11.5 Å². The van der Waals surface area contributed by atoms with E-state index in [1.807, 2.05) is 0 Å². The van der Waals surface area contributed by atoms with Gasteiger partial charge in [0.05, 0.1) is 18.7 Å². The van der Waals surface area contributed by atoms with Gasteiger partial charge < -0.3 is 14.9 Å². The van der Waals surface area contributed by atoms with E-state index < -0.39 is 17.7 Å². The number of carbonyl (C=O) groups is 2. The summed E-state index contributed by atoms with van der Waals surface area (Å²) in [7, 11) is 1.54. The monoisotopic (exact) mass is 449 g/mol. The number of phenolic OH excluding ortho intramolecular Hbond substituents is 1. The summed E-state index contributed by atoms with van der Waals surface area (Å²) in [5, 5.41) is 21.4. The van der Waals surface area contributed by atoms with Crippen LogP contribution in [-0.2, 0) is 9.59 Å². The van der Waals surface area contributed by atoms with Crippen molar-refractivity contribution in [2.75, 3.05) is 12.0 Å². The van der Waals surface area contributed by atoms with Crippen molar-refractivity contribution in [3.63, 3.8) is 0 Å². The molecule has 1 saturated heterocycles. The topological polar surface area (TPSA) is 87.1 Å². The third kappa shape index (κ3) is 3.69. The van der Waals surface area contributed by atoms with E-state index in [0.717, 1.165) is 0 Å². The molecule has 2 N–H and O–H groups in total. The van der Waals surface area contributed by atoms with Crippen molar-refractivity contribution in [2.45, 2.75) is 13.0 Å². The molecule has 1 fully saturated rings. The molecule has 7 heteroatoms. The average molecular weight is 450 g/mol. The number of amides is 1. The summed E-state index contributed by atoms with van der Waals surface area (Å²) in [6.07, 6.45) is 0. The smallest absolute Gasteiger partial charge is 0.300 e. The van der Waals surface area contributed by atoms with Crippen LogP contribution >= 0.6 is 11.6 Å². The molecule has 0 aromatic heterocycles. The zero-order valence-corrected chi connectivity index (χ0v) is 18.1. The summed E-state index contributed by atoms with van der Waals surface area (Å²) in [6.45, 7) is 1.78. The Balaban J connectivity index is 1.94. The number of aliphatic hydroxyl groups is 1. The van der Waals surface area contributed by atoms with Crippen LogP contribution < -0.4 is 9.64 Å². The summed E-state index contributed by atoms with van der Waals surface area (Å²) in [5.74, 6) is -1.19. The zero-order chi connectivity index (χ0) is 23.0. The van der Waals surface area contributed by atoms with E-state index in [1.54, 1.807) is 61.5 Å². The summed E-state index contributed by atoms with van der Waals surface area (Å²) in [4.78, 5) is 27.6. The fraction of sp³-hybridized carbons (Fsp3) is 0.120. The number of ketones is 1. The van der Waals surface area contributed by atoms with Gasteiger partial charge in [-0.3, -0.25) is 14.5 Å². The second kappa shape index (κ2) is 8.40. The van der Waals surface area contributed by atoms with Crippen molar-refractivity contribution < 1.29 is 24.5 Å². The number of aryl methyl sites for hydroxylation is 1. The Kier molecular flexibility index (Phi) is 5.63. The van der Waals surface area contributed by atoms with E-state index >= 15 is 0 Å². The highest BCUT2D eigenvalue weighted by molar-refractivity contribution is 6.51. The number of hydrogen-bond acceptors (Lipinski definition) is 5. The van der Waals surface area contributed by atoms with E-state index in [1.165, 1.54) is 24.1 Å². The van der Waals surface area contributed by atoms with E-state index in [9.17, 15) is 19.8 Å². The molecule has 1 aliphatic rings. The van der Waals surface area contributed by atoms with Gasteiger partial charge >= 0.3 is 0 Å². The average Bonchev–Trinajstić information content (AvgIpc) is 3.05. The van der Waals surface area contributed by atoms with Gasteiger partial charge in [-0.2, -0.15) is 0 Å². The van der Waals surface area contributed by atoms with Gasteiger partial charge in [-0.15, -0.1) is 0 Å². The van der Waals surface area contributed by atoms with Crippen LogP contribution in [0.4, 0.5) is 5.69 Å². The van der Waals surface area contributed by atoms with E-state index in [-0.39, 0.29) is 17.1 Å². The van der Waals surface area contributed by atoms with Crippen molar-refractivity contribution in [3.8, 4) is 11.5 Å². The summed E-state index contributed by atoms with van der Waals surface area (Å²) >= 11 is 6.00. The maximum absolute atomic E-state index is 13.1. The Morgan fingerprint density at radius 1 is 1.00 bits per heavy atom. The van der Waals surface area contributed by atoms with Crippen LogP contribution in [0.2, 0.25) is 5.02 Å². The maximum atomic E-state index is 13.1. The Morgan fingerprint density at radius 2 is 1.66 bits per heavy atom. The third-order valence-corrected chi connectivity index (χ3v) is 5.70. The first-order valence-electron chi connectivity index (χ1n) is 9.82. The number of aromatic hydroxyl groups is 1. The van der Waals surface area contributed by atoms with Crippen molar-refractivity contribution >= 4 is 34.7 Å². The number of halogens is 1. The SMILES string of the molecule is COc1ccc(/C(O)=C2/C(=O)C(=O)N(c3ccc(Cl)cc3)C2c2ccc(O)cc2)c(C)c1. The van der Waals surface area contributed by atoms with Gasteiger partial charge in [0, 0.05) is 16.3 Å². The number of nitrogens with zero attached hydrogens (tertiary/aromatic N) is 1. The molecule has 1 aliphatic heterocycles. The molecular formula is C25H20ClNO5. The van der Waals surface area contributed by atoms with Gasteiger partial charge in [-0.1, -0.05) is 23.7 Å². The van der Waals surface area contributed by atoms with Crippen LogP contribution in [0.1, 0.15) is 22.7 Å². The predicted molar refractivity (Wildman–Crippen MR) is 122 cm³/mol. The molecule has 1 unspecified atom stereocenters. The van der Waals surface area contributed by atoms with Crippen molar-refractivity contribution in [1.82, 2.24) is 0 Å². The molecule has 0 bridgehead atoms. The van der Waals surface area contributed by atoms with Gasteiger partial charge in [-0.05, 0) is 72.6 Å². The first kappa shape index (κ1) is 21.5. The van der Waals surface area contributed by atoms with Gasteiger partial charge in [-0.25, -0.2) is 0 Å². The fourth-order valence-electron chi connectivity index (χ4n) is 3.85. The van der Waals surface area contributed by atoms with E-state index in [0.29, 0.717) is 33.1 Å². The number of anilines is 1. The van der Waals surface area contributed by atoms with Crippen LogP contribution in [0.25, 0.3) is 5.76 Å². The van der Waals surface area contributed by atoms with Crippen molar-refractivity contribution in [3.05, 3.63) is 94.0 Å². The minimum atomic E-state index is -0.890. The normalized spacial score (nSPS) is 17.6. The Bertz CT molecular complexity index is 1230. The number of benzene rings is 3. The number of carbonyl (C=O) groups excluding carboxylic acids is 2. The van der Waals surface area contributed by atoms with Crippen LogP contribution in [-0.4, -0.2) is 29.0 Å². The number of Topliss-reactive ketones (excluding diaryl/α,β-unsaturated/α-hetero) is 1. The lowest BCUT2D eigenvalue weighted by molar-refractivity contribution is -0.132. The molecule has 0 saturated carbocycles. The number of rotatable bonds is 4. The maximum Gasteiger partial charge on any atom is 0.300 e. The van der Waals surface area contributed by atoms with Gasteiger partial charge in [0.2, 0.25) is 0 Å². The predicted octanol–water partition coefficient (Wildman–Crippen LogP) is 4.99. The molecule has 0 aliphatic carbocycles. The van der Waals surface area contributed by atoms with Crippen LogP contribution in [0.3, 0.4) is 0 Å². The number of aliphatic hydroxyl groups excluding tert-OH is 1. The molecule has 1 heterocycles. The van der Waals surface area contributed by atoms with Crippen LogP contribution in [0, 0.1) is 6.92 Å². The van der Waals surface area contributed by atoms with Crippen LogP contribution in [0.15, 0.2) is 72.3 Å². The molecule has 3 aromatic carbocycles. The third-order valence-electron chi connectivity index (χ3n) is 5.45. The number of methoxy groups -OCH3 is 1. The van der Waals surface area contributed by atoms with Gasteiger partial charge in [0.15, 0.2) is 0 Å². The van der Waals surface area contributed by atoms with E-state index in [2.05, 4.69) is 0 Å². The minimum Gasteiger partial charge on any atom is -0.508 e. The molecule has 4 rings (SSSR count). The molecule has 162 valence electrons. The van der Waals surface area contributed by atoms with Crippen molar-refractivity contribution in [2.24, 2.45) is 0 Å². The van der Waals surface area contributed by atoms with Crippen molar-refractivity contribution in [1.29, 1.82) is 0 Å². The lowest BCUT2D eigenvalue weighted by Crippen LogP contribution is -2.29. The molecular weight excluding hydrogens is 430 g/mol. The number of phenols is 1. The Labute approximate surface area is 189 Å². The van der Waals surface area contributed by atoms with Gasteiger partial charge in [0.25, 0.3) is 11.7 Å². The highest BCUT2D eigenvalue weighted by atomic mass is 35.5. The Hall–Kier alpha value is -3.77. The largest absolute Gasteiger partial charge is 0.508 e. The van der Waals surface area contributed by atoms with E-state index in [4.69, 9.17) is 16.3 Å². The lowest BCUT2D eigenvalue weighted by atomic mass is 9.93. The first-order chi connectivity index (χ1) is 15.3. The highest BCUT2D eigenvalue weighted by Crippen LogP contribution is 2.43. The molecule has 1 atom stereocenters. The Morgan fingerprint density at radius 3 is 2.25 bits per heavy atom. The standard InChI is InChI=1S/C25H20ClNO5/c1-14-13-19(32-2)11-12-20(14)23(29)21-22(15-3-9-18(28)10-4-15)27(25(31)24(21)30)17-7-5-16(26)6-8-17/h3-13,22,28-29H,1-2H3/b23-21-. The molecule has 6 nitrogen and oxygen atoms in total. The zero-order valence-electron chi connectivity index (χ0n) is 17.4. The number of ether oxygens (including phenoxy) is 1.